The second-order valence-electron chi connectivity index (χ2n) is 4.50. The lowest BCUT2D eigenvalue weighted by Crippen LogP contribution is -2.24. The van der Waals surface area contributed by atoms with Gasteiger partial charge in [-0.3, -0.25) is 0 Å². The number of anilines is 2. The number of nitrogens with two attached hydrogens (primary N) is 1. The molecule has 2 aromatic rings. The highest BCUT2D eigenvalue weighted by Gasteiger charge is 2.19. The van der Waals surface area contributed by atoms with Gasteiger partial charge in [0.25, 0.3) is 0 Å². The zero-order chi connectivity index (χ0) is 15.6. The van der Waals surface area contributed by atoms with Gasteiger partial charge in [-0.05, 0) is 37.4 Å². The molecule has 0 aliphatic carbocycles. The van der Waals surface area contributed by atoms with Gasteiger partial charge < -0.3 is 10.6 Å². The summed E-state index contributed by atoms with van der Waals surface area (Å²) < 4.78 is 27.3. The maximum absolute atomic E-state index is 12.1. The third-order valence-corrected chi connectivity index (χ3v) is 5.63. The minimum Gasteiger partial charge on any atom is -0.399 e. The molecule has 1 aromatic carbocycles. The van der Waals surface area contributed by atoms with Crippen LogP contribution in [0.15, 0.2) is 35.2 Å². The van der Waals surface area contributed by atoms with Crippen molar-refractivity contribution >= 4 is 44.3 Å². The molecule has 3 N–H and O–H groups in total. The fourth-order valence-corrected chi connectivity index (χ4v) is 4.08. The highest BCUT2D eigenvalue weighted by Crippen LogP contribution is 2.29. The Bertz CT molecular complexity index is 744. The topological polar surface area (TPSA) is 75.4 Å². The molecule has 0 spiro atoms. The van der Waals surface area contributed by atoms with E-state index in [4.69, 9.17) is 17.3 Å². The number of nitrogens with one attached hydrogen (secondary N) is 1. The highest BCUT2D eigenvalue weighted by molar-refractivity contribution is 7.89. The number of rotatable bonds is 5. The summed E-state index contributed by atoms with van der Waals surface area (Å²) in [4.78, 5) is 3.06. The van der Waals surface area contributed by atoms with Crippen LogP contribution in [0, 0.1) is 0 Å². The molecule has 0 saturated carbocycles. The maximum Gasteiger partial charge on any atom is 0.242 e. The van der Waals surface area contributed by atoms with Crippen LogP contribution in [0.3, 0.4) is 0 Å². The van der Waals surface area contributed by atoms with E-state index in [1.165, 1.54) is 24.5 Å². The standard InChI is InChI=1S/C13H16ClN3O2S2/c1-16-21(18,19)12-7-9(15)3-5-11(12)17(2)8-10-4-6-13(14)20-10/h3-7,16H,8,15H2,1-2H3. The van der Waals surface area contributed by atoms with E-state index in [1.807, 2.05) is 24.1 Å². The molecule has 21 heavy (non-hydrogen) atoms. The molecule has 0 amide bonds. The van der Waals surface area contributed by atoms with E-state index in [0.717, 1.165) is 4.88 Å². The van der Waals surface area contributed by atoms with Crippen molar-refractivity contribution in [3.63, 3.8) is 0 Å². The zero-order valence-electron chi connectivity index (χ0n) is 11.6. The Morgan fingerprint density at radius 3 is 2.62 bits per heavy atom. The third kappa shape index (κ3) is 3.68. The molecule has 114 valence electrons. The molecule has 1 aromatic heterocycles. The lowest BCUT2D eigenvalue weighted by Gasteiger charge is -2.22. The molecular formula is C13H16ClN3O2S2. The summed E-state index contributed by atoms with van der Waals surface area (Å²) in [5.74, 6) is 0. The molecule has 0 fully saturated rings. The third-order valence-electron chi connectivity index (χ3n) is 2.98. The maximum atomic E-state index is 12.1. The predicted octanol–water partition coefficient (Wildman–Crippen LogP) is 2.53. The average Bonchev–Trinajstić information content (AvgIpc) is 2.83. The van der Waals surface area contributed by atoms with E-state index >= 15 is 0 Å². The van der Waals surface area contributed by atoms with E-state index < -0.39 is 10.0 Å². The molecule has 8 heteroatoms. The summed E-state index contributed by atoms with van der Waals surface area (Å²) in [6, 6.07) is 8.59. The summed E-state index contributed by atoms with van der Waals surface area (Å²) in [7, 11) is -0.374. The fourth-order valence-electron chi connectivity index (χ4n) is 1.93. The molecule has 0 bridgehead atoms. The first-order valence-corrected chi connectivity index (χ1v) is 8.79. The minimum atomic E-state index is -3.58. The second-order valence-corrected chi connectivity index (χ2v) is 8.15. The van der Waals surface area contributed by atoms with Crippen LogP contribution in [0.25, 0.3) is 0 Å². The largest absolute Gasteiger partial charge is 0.399 e. The van der Waals surface area contributed by atoms with Gasteiger partial charge in [0, 0.05) is 17.6 Å². The van der Waals surface area contributed by atoms with Crippen LogP contribution < -0.4 is 15.4 Å². The van der Waals surface area contributed by atoms with Crippen LogP contribution in [-0.2, 0) is 16.6 Å². The summed E-state index contributed by atoms with van der Waals surface area (Å²) in [6.07, 6.45) is 0. The number of nitrogens with zero attached hydrogens (tertiary/aromatic N) is 1. The lowest BCUT2D eigenvalue weighted by molar-refractivity contribution is 0.588. The zero-order valence-corrected chi connectivity index (χ0v) is 14.0. The first kappa shape index (κ1) is 16.1. The van der Waals surface area contributed by atoms with Crippen molar-refractivity contribution in [2.75, 3.05) is 24.7 Å². The highest BCUT2D eigenvalue weighted by atomic mass is 35.5. The summed E-state index contributed by atoms with van der Waals surface area (Å²) in [5.41, 5.74) is 6.70. The summed E-state index contributed by atoms with van der Waals surface area (Å²) >= 11 is 7.38. The molecule has 0 radical (unpaired) electrons. The van der Waals surface area contributed by atoms with Crippen molar-refractivity contribution in [3.05, 3.63) is 39.5 Å². The SMILES string of the molecule is CNS(=O)(=O)c1cc(N)ccc1N(C)Cc1ccc(Cl)s1. The Labute approximate surface area is 133 Å². The summed E-state index contributed by atoms with van der Waals surface area (Å²) in [6.45, 7) is 0.563. The second kappa shape index (κ2) is 6.23. The Morgan fingerprint density at radius 2 is 2.05 bits per heavy atom. The monoisotopic (exact) mass is 345 g/mol. The Morgan fingerprint density at radius 1 is 1.33 bits per heavy atom. The number of benzene rings is 1. The first-order valence-electron chi connectivity index (χ1n) is 6.12. The van der Waals surface area contributed by atoms with Crippen LogP contribution in [0.2, 0.25) is 4.34 Å². The number of halogens is 1. The molecule has 0 aliphatic heterocycles. The molecule has 2 rings (SSSR count). The number of hydrogen-bond donors (Lipinski definition) is 2. The fraction of sp³-hybridized carbons (Fsp3) is 0.231. The van der Waals surface area contributed by atoms with Gasteiger partial charge in [0.05, 0.1) is 16.6 Å². The van der Waals surface area contributed by atoms with Gasteiger partial charge >= 0.3 is 0 Å². The van der Waals surface area contributed by atoms with Crippen molar-refractivity contribution in [2.24, 2.45) is 0 Å². The van der Waals surface area contributed by atoms with Gasteiger partial charge in [-0.2, -0.15) is 0 Å². The lowest BCUT2D eigenvalue weighted by atomic mass is 10.2. The normalized spacial score (nSPS) is 11.6. The molecule has 5 nitrogen and oxygen atoms in total. The van der Waals surface area contributed by atoms with Gasteiger partial charge in [-0.15, -0.1) is 11.3 Å². The molecule has 0 unspecified atom stereocenters. The average molecular weight is 346 g/mol. The van der Waals surface area contributed by atoms with Crippen LogP contribution in [0.5, 0.6) is 0 Å². The number of sulfonamides is 1. The van der Waals surface area contributed by atoms with Crippen molar-refractivity contribution < 1.29 is 8.42 Å². The number of nitrogen functional groups attached to an aromatic ring is 1. The smallest absolute Gasteiger partial charge is 0.242 e. The Hall–Kier alpha value is -1.28. The minimum absolute atomic E-state index is 0.162. The quantitative estimate of drug-likeness (QED) is 0.816. The number of hydrogen-bond acceptors (Lipinski definition) is 5. The van der Waals surface area contributed by atoms with E-state index in [0.29, 0.717) is 22.3 Å². The number of thiophene rings is 1. The Kier molecular flexibility index (Phi) is 4.77. The molecule has 0 atom stereocenters. The van der Waals surface area contributed by atoms with Gasteiger partial charge in [0.2, 0.25) is 10.0 Å². The van der Waals surface area contributed by atoms with Crippen molar-refractivity contribution in [1.29, 1.82) is 0 Å². The molecular weight excluding hydrogens is 330 g/mol. The van der Waals surface area contributed by atoms with Gasteiger partial charge in [-0.1, -0.05) is 11.6 Å². The molecule has 0 aliphatic rings. The van der Waals surface area contributed by atoms with E-state index in [1.54, 1.807) is 12.1 Å². The van der Waals surface area contributed by atoms with Gasteiger partial charge in [0.15, 0.2) is 0 Å². The van der Waals surface area contributed by atoms with E-state index in [-0.39, 0.29) is 4.90 Å². The van der Waals surface area contributed by atoms with Crippen molar-refractivity contribution in [1.82, 2.24) is 4.72 Å². The Balaban J connectivity index is 2.39. The van der Waals surface area contributed by atoms with Crippen LogP contribution in [0.1, 0.15) is 4.88 Å². The molecule has 0 saturated heterocycles. The molecule has 1 heterocycles. The van der Waals surface area contributed by atoms with Crippen LogP contribution in [0.4, 0.5) is 11.4 Å². The van der Waals surface area contributed by atoms with Crippen molar-refractivity contribution in [2.45, 2.75) is 11.4 Å². The van der Waals surface area contributed by atoms with E-state index in [2.05, 4.69) is 4.72 Å². The van der Waals surface area contributed by atoms with Crippen LogP contribution in [-0.4, -0.2) is 22.5 Å². The van der Waals surface area contributed by atoms with E-state index in [9.17, 15) is 8.42 Å². The van der Waals surface area contributed by atoms with Crippen molar-refractivity contribution in [3.8, 4) is 0 Å². The summed E-state index contributed by atoms with van der Waals surface area (Å²) in [5, 5.41) is 0. The first-order chi connectivity index (χ1) is 9.83. The van der Waals surface area contributed by atoms with Gasteiger partial charge in [-0.25, -0.2) is 13.1 Å². The van der Waals surface area contributed by atoms with Gasteiger partial charge in [0.1, 0.15) is 4.90 Å². The van der Waals surface area contributed by atoms with Crippen LogP contribution >= 0.6 is 22.9 Å². The predicted molar refractivity (Wildman–Crippen MR) is 88.5 cm³/mol.